The van der Waals surface area contributed by atoms with Crippen LogP contribution < -0.4 is 5.32 Å². The number of rotatable bonds is 4. The van der Waals surface area contributed by atoms with Crippen molar-refractivity contribution in [2.45, 2.75) is 32.7 Å². The molecule has 0 aliphatic rings. The van der Waals surface area contributed by atoms with Crippen molar-refractivity contribution >= 4 is 33.3 Å². The van der Waals surface area contributed by atoms with E-state index in [0.29, 0.717) is 12.2 Å². The van der Waals surface area contributed by atoms with Gasteiger partial charge in [-0.2, -0.15) is 0 Å². The van der Waals surface area contributed by atoms with Crippen molar-refractivity contribution in [3.8, 4) is 0 Å². The van der Waals surface area contributed by atoms with E-state index in [1.807, 2.05) is 19.2 Å². The zero-order valence-electron chi connectivity index (χ0n) is 10.5. The Kier molecular flexibility index (Phi) is 3.21. The molecule has 6 heteroatoms. The lowest BCUT2D eigenvalue weighted by Crippen LogP contribution is -2.42. The molecule has 1 unspecified atom stereocenters. The summed E-state index contributed by atoms with van der Waals surface area (Å²) < 4.78 is 0.899. The molecule has 2 aromatic heterocycles. The van der Waals surface area contributed by atoms with Gasteiger partial charge in [0.2, 0.25) is 0 Å². The first-order chi connectivity index (χ1) is 8.48. The number of carboxylic acids is 1. The van der Waals surface area contributed by atoms with Crippen molar-refractivity contribution in [3.63, 3.8) is 0 Å². The van der Waals surface area contributed by atoms with Gasteiger partial charge in [0.25, 0.3) is 0 Å². The quantitative estimate of drug-likeness (QED) is 0.889. The van der Waals surface area contributed by atoms with E-state index in [1.54, 1.807) is 6.92 Å². The summed E-state index contributed by atoms with van der Waals surface area (Å²) in [4.78, 5) is 19.7. The van der Waals surface area contributed by atoms with Crippen LogP contribution in [0.4, 0.5) is 5.82 Å². The number of aliphatic carboxylic acids is 1. The van der Waals surface area contributed by atoms with Crippen molar-refractivity contribution in [1.82, 2.24) is 9.97 Å². The van der Waals surface area contributed by atoms with Gasteiger partial charge in [-0.1, -0.05) is 6.92 Å². The van der Waals surface area contributed by atoms with Crippen LogP contribution in [0.3, 0.4) is 0 Å². The maximum atomic E-state index is 11.3. The van der Waals surface area contributed by atoms with Crippen LogP contribution in [0.5, 0.6) is 0 Å². The number of thiophene rings is 1. The van der Waals surface area contributed by atoms with E-state index in [0.717, 1.165) is 15.8 Å². The molecular weight excluding hydrogens is 250 g/mol. The minimum Gasteiger partial charge on any atom is -0.480 e. The number of hydrogen-bond acceptors (Lipinski definition) is 5. The maximum Gasteiger partial charge on any atom is 0.329 e. The molecule has 2 N–H and O–H groups in total. The summed E-state index contributed by atoms with van der Waals surface area (Å²) in [5.41, 5.74) is 0.939. The Morgan fingerprint density at radius 1 is 1.56 bits per heavy atom. The topological polar surface area (TPSA) is 75.1 Å². The van der Waals surface area contributed by atoms with Crippen molar-refractivity contribution in [2.75, 3.05) is 5.32 Å². The molecule has 18 heavy (non-hydrogen) atoms. The van der Waals surface area contributed by atoms with Gasteiger partial charge in [0.05, 0.1) is 10.2 Å². The zero-order chi connectivity index (χ0) is 13.3. The molecule has 0 fully saturated rings. The number of fused-ring (bicyclic) bond motifs is 1. The summed E-state index contributed by atoms with van der Waals surface area (Å²) in [6.07, 6.45) is 1.93. The highest BCUT2D eigenvalue weighted by atomic mass is 32.1. The lowest BCUT2D eigenvalue weighted by molar-refractivity contribution is -0.141. The van der Waals surface area contributed by atoms with Crippen molar-refractivity contribution in [3.05, 3.63) is 17.3 Å². The molecule has 0 saturated carbocycles. The summed E-state index contributed by atoms with van der Waals surface area (Å²) in [6, 6.07) is 0. The van der Waals surface area contributed by atoms with E-state index < -0.39 is 11.5 Å². The molecule has 0 aliphatic carbocycles. The van der Waals surface area contributed by atoms with E-state index in [4.69, 9.17) is 0 Å². The molecule has 5 nitrogen and oxygen atoms in total. The molecule has 1 atom stereocenters. The molecule has 96 valence electrons. The van der Waals surface area contributed by atoms with Gasteiger partial charge < -0.3 is 10.4 Å². The molecule has 2 heterocycles. The molecular formula is C12H15N3O2S. The second kappa shape index (κ2) is 4.53. The van der Waals surface area contributed by atoms with Crippen LogP contribution >= 0.6 is 11.3 Å². The summed E-state index contributed by atoms with van der Waals surface area (Å²) >= 11 is 1.52. The van der Waals surface area contributed by atoms with Crippen LogP contribution in [0.1, 0.15) is 25.8 Å². The third-order valence-corrected chi connectivity index (χ3v) is 4.20. The molecule has 0 saturated heterocycles. The smallest absolute Gasteiger partial charge is 0.329 e. The minimum atomic E-state index is -1.01. The highest BCUT2D eigenvalue weighted by Crippen LogP contribution is 2.30. The van der Waals surface area contributed by atoms with Gasteiger partial charge in [0.1, 0.15) is 17.7 Å². The number of anilines is 1. The fourth-order valence-corrected chi connectivity index (χ4v) is 2.56. The van der Waals surface area contributed by atoms with Gasteiger partial charge in [-0.15, -0.1) is 11.3 Å². The van der Waals surface area contributed by atoms with Crippen LogP contribution in [-0.4, -0.2) is 26.6 Å². The lowest BCUT2D eigenvalue weighted by Gasteiger charge is -2.25. The summed E-state index contributed by atoms with van der Waals surface area (Å²) in [6.45, 7) is 5.47. The minimum absolute atomic E-state index is 0.470. The first-order valence-corrected chi connectivity index (χ1v) is 6.56. The van der Waals surface area contributed by atoms with Crippen LogP contribution in [0, 0.1) is 6.92 Å². The number of hydrogen-bond donors (Lipinski definition) is 2. The molecule has 0 radical (unpaired) electrons. The molecule has 0 spiro atoms. The summed E-state index contributed by atoms with van der Waals surface area (Å²) in [5, 5.41) is 14.3. The molecule has 2 aromatic rings. The Morgan fingerprint density at radius 3 is 2.89 bits per heavy atom. The number of nitrogens with zero attached hydrogens (tertiary/aromatic N) is 2. The van der Waals surface area contributed by atoms with Gasteiger partial charge in [0.15, 0.2) is 0 Å². The fraction of sp³-hybridized carbons (Fsp3) is 0.417. The average molecular weight is 265 g/mol. The molecule has 0 bridgehead atoms. The van der Waals surface area contributed by atoms with E-state index >= 15 is 0 Å². The van der Waals surface area contributed by atoms with E-state index in [1.165, 1.54) is 17.7 Å². The van der Waals surface area contributed by atoms with Gasteiger partial charge in [-0.25, -0.2) is 14.8 Å². The Morgan fingerprint density at radius 2 is 2.28 bits per heavy atom. The van der Waals surface area contributed by atoms with E-state index in [9.17, 15) is 9.90 Å². The van der Waals surface area contributed by atoms with Gasteiger partial charge in [-0.05, 0) is 31.2 Å². The van der Waals surface area contributed by atoms with Crippen LogP contribution in [0.25, 0.3) is 10.2 Å². The van der Waals surface area contributed by atoms with Crippen molar-refractivity contribution in [2.24, 2.45) is 0 Å². The first kappa shape index (κ1) is 12.8. The van der Waals surface area contributed by atoms with Gasteiger partial charge in [-0.3, -0.25) is 0 Å². The third kappa shape index (κ3) is 2.03. The predicted octanol–water partition coefficient (Wildman–Crippen LogP) is 2.66. The molecule has 0 amide bonds. The van der Waals surface area contributed by atoms with Crippen LogP contribution in [-0.2, 0) is 4.79 Å². The Bertz CT molecular complexity index is 596. The van der Waals surface area contributed by atoms with Crippen LogP contribution in [0.15, 0.2) is 11.7 Å². The SMILES string of the molecule is CCC(C)(Nc1ncnc2c(C)csc12)C(=O)O. The maximum absolute atomic E-state index is 11.3. The van der Waals surface area contributed by atoms with Crippen molar-refractivity contribution in [1.29, 1.82) is 0 Å². The predicted molar refractivity (Wildman–Crippen MR) is 72.1 cm³/mol. The number of carbonyl (C=O) groups is 1. The normalized spacial score (nSPS) is 14.4. The highest BCUT2D eigenvalue weighted by molar-refractivity contribution is 7.18. The summed E-state index contributed by atoms with van der Waals surface area (Å²) in [5.74, 6) is -0.296. The van der Waals surface area contributed by atoms with Crippen LogP contribution in [0.2, 0.25) is 0 Å². The molecule has 2 rings (SSSR count). The largest absolute Gasteiger partial charge is 0.480 e. The average Bonchev–Trinajstić information content (AvgIpc) is 2.72. The highest BCUT2D eigenvalue weighted by Gasteiger charge is 2.32. The van der Waals surface area contributed by atoms with Gasteiger partial charge in [0, 0.05) is 0 Å². The lowest BCUT2D eigenvalue weighted by atomic mass is 9.99. The Balaban J connectivity index is 2.46. The Hall–Kier alpha value is -1.69. The van der Waals surface area contributed by atoms with Crippen molar-refractivity contribution < 1.29 is 9.90 Å². The number of carboxylic acid groups (broad SMARTS) is 1. The number of nitrogens with one attached hydrogen (secondary N) is 1. The van der Waals surface area contributed by atoms with E-state index in [2.05, 4.69) is 15.3 Å². The standard InChI is InChI=1S/C12H15N3O2S/c1-4-12(3,11(16)17)15-10-9-8(13-6-14-10)7(2)5-18-9/h5-6H,4H2,1-3H3,(H,16,17)(H,13,14,15). The van der Waals surface area contributed by atoms with E-state index in [-0.39, 0.29) is 0 Å². The number of aryl methyl sites for hydroxylation is 1. The fourth-order valence-electron chi connectivity index (χ4n) is 1.61. The second-order valence-electron chi connectivity index (χ2n) is 4.43. The molecule has 0 aliphatic heterocycles. The molecule has 0 aromatic carbocycles. The van der Waals surface area contributed by atoms with Gasteiger partial charge >= 0.3 is 5.97 Å². The number of aromatic nitrogens is 2. The zero-order valence-corrected chi connectivity index (χ0v) is 11.3. The monoisotopic (exact) mass is 265 g/mol. The summed E-state index contributed by atoms with van der Waals surface area (Å²) in [7, 11) is 0. The second-order valence-corrected chi connectivity index (χ2v) is 5.31. The first-order valence-electron chi connectivity index (χ1n) is 5.68. The Labute approximate surface area is 109 Å². The third-order valence-electron chi connectivity index (χ3n) is 3.10.